The Labute approximate surface area is 270 Å². The molecule has 0 heterocycles. The Kier molecular flexibility index (Phi) is 26.2. The van der Waals surface area contributed by atoms with Gasteiger partial charge in [-0.05, 0) is 51.4 Å². The molecule has 0 aromatic heterocycles. The molecule has 0 fully saturated rings. The number of nitrogens with zero attached hydrogens (tertiary/aromatic N) is 1. The molecule has 0 bridgehead atoms. The van der Waals surface area contributed by atoms with Crippen LogP contribution in [0, 0.1) is 0 Å². The van der Waals surface area contributed by atoms with E-state index < -0.39 is 36.0 Å². The average Bonchev–Trinajstić information content (AvgIpc) is 2.98. The first-order chi connectivity index (χ1) is 21.2. The number of carboxylic acids is 3. The fraction of sp³-hybridized carbons (Fsp3) is 0.865. The third-order valence-corrected chi connectivity index (χ3v) is 9.32. The van der Waals surface area contributed by atoms with E-state index in [4.69, 9.17) is 0 Å². The van der Waals surface area contributed by atoms with E-state index in [1.165, 1.54) is 89.9 Å². The van der Waals surface area contributed by atoms with Gasteiger partial charge in [-0.2, -0.15) is 0 Å². The van der Waals surface area contributed by atoms with Crippen LogP contribution in [0.15, 0.2) is 12.2 Å². The van der Waals surface area contributed by atoms with Gasteiger partial charge in [0, 0.05) is 19.3 Å². The van der Waals surface area contributed by atoms with Gasteiger partial charge < -0.3 is 15.3 Å². The molecule has 7 nitrogen and oxygen atoms in total. The van der Waals surface area contributed by atoms with Gasteiger partial charge >= 0.3 is 17.9 Å². The highest BCUT2D eigenvalue weighted by Crippen LogP contribution is 2.34. The molecule has 0 amide bonds. The maximum absolute atomic E-state index is 12.6. The summed E-state index contributed by atoms with van der Waals surface area (Å²) in [7, 11) is 0. The van der Waals surface area contributed by atoms with Gasteiger partial charge in [-0.3, -0.25) is 4.48 Å². The molecule has 3 atom stereocenters. The smallest absolute Gasteiger partial charge is 0.362 e. The largest absolute Gasteiger partial charge is 0.477 e. The fourth-order valence-electron chi connectivity index (χ4n) is 7.00. The normalized spacial score (nSPS) is 15.2. The van der Waals surface area contributed by atoms with Crippen LogP contribution in [-0.2, 0) is 14.4 Å². The second-order valence-electron chi connectivity index (χ2n) is 13.0. The standard InChI is InChI=1S/C37H69NO6/c1-5-9-10-11-12-13-14-15-16-17-18-19-20-21-22-23-24-25-26-27-31-38(32(28-6-2)35(39)40,33(29-7-3)36(41)42)34(30-8-4)37(43)44/h10-11,32-34H,5-9,12-31H2,1-4H3,(H2-,39,40,41,42,43,44)/p+1/b11-10+. The monoisotopic (exact) mass is 625 g/mol. The van der Waals surface area contributed by atoms with Gasteiger partial charge in [0.05, 0.1) is 6.54 Å². The number of quaternary nitrogens is 1. The molecule has 0 aliphatic carbocycles. The Morgan fingerprint density at radius 3 is 1.05 bits per heavy atom. The summed E-state index contributed by atoms with van der Waals surface area (Å²) < 4.78 is -0.369. The highest BCUT2D eigenvalue weighted by atomic mass is 16.4. The number of carbonyl (C=O) groups is 3. The second-order valence-corrected chi connectivity index (χ2v) is 13.0. The van der Waals surface area contributed by atoms with Crippen LogP contribution >= 0.6 is 0 Å². The minimum atomic E-state index is -1.08. The van der Waals surface area contributed by atoms with E-state index in [-0.39, 0.29) is 30.3 Å². The van der Waals surface area contributed by atoms with Crippen molar-refractivity contribution in [2.75, 3.05) is 6.54 Å². The van der Waals surface area contributed by atoms with E-state index in [2.05, 4.69) is 19.1 Å². The van der Waals surface area contributed by atoms with Crippen molar-refractivity contribution in [1.82, 2.24) is 0 Å². The molecule has 0 saturated heterocycles. The van der Waals surface area contributed by atoms with E-state index >= 15 is 0 Å². The van der Waals surface area contributed by atoms with E-state index in [1.54, 1.807) is 0 Å². The van der Waals surface area contributed by atoms with Gasteiger partial charge in [-0.15, -0.1) is 0 Å². The number of aliphatic carboxylic acids is 3. The Bertz CT molecular complexity index is 707. The minimum Gasteiger partial charge on any atom is -0.477 e. The van der Waals surface area contributed by atoms with Crippen molar-refractivity contribution in [3.8, 4) is 0 Å². The molecule has 0 spiro atoms. The molecule has 0 rings (SSSR count). The van der Waals surface area contributed by atoms with Crippen molar-refractivity contribution in [2.45, 2.75) is 200 Å². The van der Waals surface area contributed by atoms with Crippen LogP contribution in [-0.4, -0.2) is 62.4 Å². The van der Waals surface area contributed by atoms with Crippen molar-refractivity contribution in [3.05, 3.63) is 12.2 Å². The van der Waals surface area contributed by atoms with Gasteiger partial charge in [0.1, 0.15) is 0 Å². The van der Waals surface area contributed by atoms with Crippen molar-refractivity contribution in [2.24, 2.45) is 0 Å². The van der Waals surface area contributed by atoms with Gasteiger partial charge in [-0.1, -0.05) is 123 Å². The average molecular weight is 625 g/mol. The van der Waals surface area contributed by atoms with E-state index in [9.17, 15) is 29.7 Å². The molecule has 0 aromatic carbocycles. The minimum absolute atomic E-state index is 0.271. The van der Waals surface area contributed by atoms with Gasteiger partial charge in [0.25, 0.3) is 0 Å². The van der Waals surface area contributed by atoms with E-state index in [0.717, 1.165) is 19.3 Å². The molecule has 0 radical (unpaired) electrons. The molecule has 0 aromatic rings. The van der Waals surface area contributed by atoms with Crippen LogP contribution < -0.4 is 0 Å². The molecule has 3 N–H and O–H groups in total. The fourth-order valence-corrected chi connectivity index (χ4v) is 7.00. The van der Waals surface area contributed by atoms with Gasteiger partial charge in [-0.25, -0.2) is 14.4 Å². The number of carboxylic acid groups (broad SMARTS) is 3. The van der Waals surface area contributed by atoms with Crippen LogP contribution in [0.5, 0.6) is 0 Å². The maximum atomic E-state index is 12.6. The first-order valence-corrected chi connectivity index (χ1v) is 18.4. The zero-order valence-electron chi connectivity index (χ0n) is 29.1. The number of rotatable bonds is 32. The summed E-state index contributed by atoms with van der Waals surface area (Å²) in [6.45, 7) is 8.14. The Balaban J connectivity index is 4.71. The lowest BCUT2D eigenvalue weighted by molar-refractivity contribution is -0.973. The maximum Gasteiger partial charge on any atom is 0.362 e. The Morgan fingerprint density at radius 1 is 0.455 bits per heavy atom. The number of allylic oxidation sites excluding steroid dienone is 2. The Hall–Kier alpha value is -1.89. The Morgan fingerprint density at radius 2 is 0.750 bits per heavy atom. The quantitative estimate of drug-likeness (QED) is 0.0390. The molecule has 0 saturated carbocycles. The lowest BCUT2D eigenvalue weighted by Gasteiger charge is -2.50. The van der Waals surface area contributed by atoms with Crippen LogP contribution in [0.4, 0.5) is 0 Å². The molecule has 258 valence electrons. The highest BCUT2D eigenvalue weighted by Gasteiger charge is 2.56. The predicted octanol–water partition coefficient (Wildman–Crippen LogP) is 10.2. The first-order valence-electron chi connectivity index (χ1n) is 18.4. The third kappa shape index (κ3) is 17.0. The zero-order chi connectivity index (χ0) is 33.1. The van der Waals surface area contributed by atoms with Crippen LogP contribution in [0.2, 0.25) is 0 Å². The number of unbranched alkanes of at least 4 members (excludes halogenated alkanes) is 16. The van der Waals surface area contributed by atoms with Crippen molar-refractivity contribution >= 4 is 17.9 Å². The van der Waals surface area contributed by atoms with Crippen molar-refractivity contribution in [1.29, 1.82) is 0 Å². The van der Waals surface area contributed by atoms with Crippen LogP contribution in [0.1, 0.15) is 182 Å². The zero-order valence-corrected chi connectivity index (χ0v) is 29.1. The second kappa shape index (κ2) is 27.4. The SMILES string of the molecule is CCC/C=C/CCCCCCCCCCCCCCCCC[N+](C(CCC)C(=O)O)(C(CCC)C(=O)O)C(CCC)C(=O)O. The summed E-state index contributed by atoms with van der Waals surface area (Å²) in [6.07, 6.45) is 28.9. The summed E-state index contributed by atoms with van der Waals surface area (Å²) >= 11 is 0. The number of hydrogen-bond acceptors (Lipinski definition) is 3. The molecule has 44 heavy (non-hydrogen) atoms. The van der Waals surface area contributed by atoms with Crippen molar-refractivity contribution < 1.29 is 34.2 Å². The molecule has 7 heteroatoms. The lowest BCUT2D eigenvalue weighted by atomic mass is 9.91. The molecule has 3 unspecified atom stereocenters. The molecule has 0 aliphatic heterocycles. The summed E-state index contributed by atoms with van der Waals surface area (Å²) in [5, 5.41) is 30.9. The van der Waals surface area contributed by atoms with Crippen LogP contribution in [0.3, 0.4) is 0 Å². The molecular formula is C37H70NO6+. The highest BCUT2D eigenvalue weighted by molar-refractivity contribution is 5.78. The summed E-state index contributed by atoms with van der Waals surface area (Å²) in [4.78, 5) is 37.8. The van der Waals surface area contributed by atoms with Gasteiger partial charge in [0.2, 0.25) is 0 Å². The number of hydrogen-bond donors (Lipinski definition) is 3. The first kappa shape index (κ1) is 42.1. The van der Waals surface area contributed by atoms with Crippen LogP contribution in [0.25, 0.3) is 0 Å². The molecular weight excluding hydrogens is 554 g/mol. The predicted molar refractivity (Wildman–Crippen MR) is 182 cm³/mol. The lowest BCUT2D eigenvalue weighted by Crippen LogP contribution is -2.72. The van der Waals surface area contributed by atoms with Crippen molar-refractivity contribution in [3.63, 3.8) is 0 Å². The van der Waals surface area contributed by atoms with Gasteiger partial charge in [0.15, 0.2) is 18.1 Å². The topological polar surface area (TPSA) is 112 Å². The summed E-state index contributed by atoms with van der Waals surface area (Å²) in [5.41, 5.74) is 0. The van der Waals surface area contributed by atoms with E-state index in [0.29, 0.717) is 25.7 Å². The summed E-state index contributed by atoms with van der Waals surface area (Å²) in [6, 6.07) is -3.13. The summed E-state index contributed by atoms with van der Waals surface area (Å²) in [5.74, 6) is -3.24. The molecule has 0 aliphatic rings. The third-order valence-electron chi connectivity index (χ3n) is 9.32. The van der Waals surface area contributed by atoms with E-state index in [1.807, 2.05) is 20.8 Å².